The molecule has 0 aliphatic carbocycles. The van der Waals surface area contributed by atoms with Gasteiger partial charge < -0.3 is 5.11 Å². The number of aliphatic hydroxyl groups is 1. The van der Waals surface area contributed by atoms with Gasteiger partial charge in [-0.25, -0.2) is 0 Å². The van der Waals surface area contributed by atoms with Crippen molar-refractivity contribution >= 4 is 15.9 Å². The van der Waals surface area contributed by atoms with E-state index in [2.05, 4.69) is 28.0 Å². The summed E-state index contributed by atoms with van der Waals surface area (Å²) < 4.78 is 2.97. The van der Waals surface area contributed by atoms with Crippen LogP contribution in [-0.2, 0) is 13.0 Å². The molecule has 0 amide bonds. The highest BCUT2D eigenvalue weighted by Gasteiger charge is 2.23. The third-order valence-corrected chi connectivity index (χ3v) is 3.79. The van der Waals surface area contributed by atoms with Gasteiger partial charge in [-0.3, -0.25) is 4.68 Å². The fourth-order valence-electron chi connectivity index (χ4n) is 1.52. The van der Waals surface area contributed by atoms with Crippen LogP contribution in [0.5, 0.6) is 0 Å². The van der Waals surface area contributed by atoms with E-state index in [9.17, 15) is 5.11 Å². The molecule has 1 aromatic heterocycles. The molecule has 0 fully saturated rings. The van der Waals surface area contributed by atoms with Crippen LogP contribution in [0.2, 0.25) is 0 Å². The lowest BCUT2D eigenvalue weighted by Gasteiger charge is -2.21. The maximum absolute atomic E-state index is 10.1. The average Bonchev–Trinajstić information content (AvgIpc) is 2.45. The van der Waals surface area contributed by atoms with Gasteiger partial charge in [0.15, 0.2) is 0 Å². The summed E-state index contributed by atoms with van der Waals surface area (Å²) in [5, 5.41) is 14.5. The van der Waals surface area contributed by atoms with Crippen LogP contribution >= 0.6 is 15.9 Å². The van der Waals surface area contributed by atoms with E-state index in [4.69, 9.17) is 0 Å². The third-order valence-electron chi connectivity index (χ3n) is 2.76. The maximum atomic E-state index is 10.1. The zero-order valence-corrected chi connectivity index (χ0v) is 11.4. The number of hydrogen-bond donors (Lipinski definition) is 1. The van der Waals surface area contributed by atoms with E-state index in [1.165, 1.54) is 0 Å². The van der Waals surface area contributed by atoms with Crippen LogP contribution in [0.3, 0.4) is 0 Å². The summed E-state index contributed by atoms with van der Waals surface area (Å²) in [4.78, 5) is 0. The van der Waals surface area contributed by atoms with E-state index in [0.717, 1.165) is 28.8 Å². The summed E-state index contributed by atoms with van der Waals surface area (Å²) >= 11 is 3.53. The number of nitrogens with zero attached hydrogens (tertiary/aromatic N) is 2. The second-order valence-corrected chi connectivity index (χ2v) is 4.98. The van der Waals surface area contributed by atoms with E-state index in [1.807, 2.05) is 25.5 Å². The third kappa shape index (κ3) is 2.82. The first-order valence-electron chi connectivity index (χ1n) is 5.35. The first-order chi connectivity index (χ1) is 6.91. The molecule has 0 aliphatic heterocycles. The van der Waals surface area contributed by atoms with Crippen molar-refractivity contribution in [2.75, 3.05) is 0 Å². The summed E-state index contributed by atoms with van der Waals surface area (Å²) in [6, 6.07) is 0. The molecule has 3 nitrogen and oxygen atoms in total. The van der Waals surface area contributed by atoms with E-state index in [-0.39, 0.29) is 0 Å². The summed E-state index contributed by atoms with van der Waals surface area (Å²) in [5.74, 6) is 0. The van der Waals surface area contributed by atoms with Gasteiger partial charge in [-0.2, -0.15) is 5.10 Å². The standard InChI is InChI=1S/C11H19BrN2O/c1-5-11(4,15)7-9-10(12)8(3)13-14(9)6-2/h15H,5-7H2,1-4H3. The Bertz CT molecular complexity index is 345. The van der Waals surface area contributed by atoms with Gasteiger partial charge in [0, 0.05) is 13.0 Å². The summed E-state index contributed by atoms with van der Waals surface area (Å²) in [6.45, 7) is 8.72. The topological polar surface area (TPSA) is 38.0 Å². The second-order valence-electron chi connectivity index (χ2n) is 4.19. The Balaban J connectivity index is 3.03. The molecule has 1 unspecified atom stereocenters. The molecule has 0 bridgehead atoms. The van der Waals surface area contributed by atoms with E-state index in [1.54, 1.807) is 0 Å². The minimum Gasteiger partial charge on any atom is -0.390 e. The van der Waals surface area contributed by atoms with Crippen molar-refractivity contribution in [2.24, 2.45) is 0 Å². The lowest BCUT2D eigenvalue weighted by atomic mass is 9.97. The van der Waals surface area contributed by atoms with Gasteiger partial charge in [-0.05, 0) is 43.1 Å². The molecule has 0 radical (unpaired) electrons. The minimum absolute atomic E-state index is 0.638. The van der Waals surface area contributed by atoms with Crippen LogP contribution in [-0.4, -0.2) is 20.5 Å². The van der Waals surface area contributed by atoms with E-state index < -0.39 is 5.60 Å². The molecular weight excluding hydrogens is 256 g/mol. The first-order valence-corrected chi connectivity index (χ1v) is 6.14. The maximum Gasteiger partial charge on any atom is 0.0738 e. The Morgan fingerprint density at radius 3 is 2.53 bits per heavy atom. The van der Waals surface area contributed by atoms with E-state index >= 15 is 0 Å². The quantitative estimate of drug-likeness (QED) is 0.917. The highest BCUT2D eigenvalue weighted by molar-refractivity contribution is 9.10. The van der Waals surface area contributed by atoms with Gasteiger partial charge in [0.1, 0.15) is 0 Å². The van der Waals surface area contributed by atoms with Crippen LogP contribution in [0, 0.1) is 6.92 Å². The zero-order valence-electron chi connectivity index (χ0n) is 9.84. The monoisotopic (exact) mass is 274 g/mol. The Hall–Kier alpha value is -0.350. The van der Waals surface area contributed by atoms with Gasteiger partial charge in [-0.15, -0.1) is 0 Å². The number of aromatic nitrogens is 2. The Morgan fingerprint density at radius 1 is 1.47 bits per heavy atom. The molecule has 0 aliphatic rings. The molecule has 1 heterocycles. The smallest absolute Gasteiger partial charge is 0.0738 e. The lowest BCUT2D eigenvalue weighted by molar-refractivity contribution is 0.0541. The molecule has 15 heavy (non-hydrogen) atoms. The predicted octanol–water partition coefficient (Wildman–Crippen LogP) is 2.68. The molecule has 0 saturated heterocycles. The van der Waals surface area contributed by atoms with Gasteiger partial charge in [0.05, 0.1) is 21.5 Å². The van der Waals surface area contributed by atoms with Gasteiger partial charge in [-0.1, -0.05) is 6.92 Å². The van der Waals surface area contributed by atoms with Gasteiger partial charge in [0.25, 0.3) is 0 Å². The molecule has 4 heteroatoms. The number of hydrogen-bond acceptors (Lipinski definition) is 2. The minimum atomic E-state index is -0.651. The molecule has 0 spiro atoms. The van der Waals surface area contributed by atoms with Gasteiger partial charge >= 0.3 is 0 Å². The van der Waals surface area contributed by atoms with Gasteiger partial charge in [0.2, 0.25) is 0 Å². The molecular formula is C11H19BrN2O. The molecule has 1 atom stereocenters. The van der Waals surface area contributed by atoms with Crippen molar-refractivity contribution in [1.29, 1.82) is 0 Å². The summed E-state index contributed by atoms with van der Waals surface area (Å²) in [5.41, 5.74) is 1.42. The van der Waals surface area contributed by atoms with Crippen molar-refractivity contribution < 1.29 is 5.11 Å². The number of halogens is 1. The summed E-state index contributed by atoms with van der Waals surface area (Å²) in [6.07, 6.45) is 1.38. The molecule has 86 valence electrons. The van der Waals surface area contributed by atoms with Crippen molar-refractivity contribution in [3.8, 4) is 0 Å². The molecule has 1 N–H and O–H groups in total. The fourth-order valence-corrected chi connectivity index (χ4v) is 1.95. The van der Waals surface area contributed by atoms with Crippen molar-refractivity contribution in [3.05, 3.63) is 15.9 Å². The normalized spacial score (nSPS) is 15.3. The predicted molar refractivity (Wildman–Crippen MR) is 65.0 cm³/mol. The van der Waals surface area contributed by atoms with Crippen LogP contribution in [0.4, 0.5) is 0 Å². The molecule has 0 saturated carbocycles. The Morgan fingerprint density at radius 2 is 2.07 bits per heavy atom. The van der Waals surface area contributed by atoms with Crippen LogP contribution in [0.1, 0.15) is 38.6 Å². The highest BCUT2D eigenvalue weighted by Crippen LogP contribution is 2.26. The van der Waals surface area contributed by atoms with Crippen molar-refractivity contribution in [3.63, 3.8) is 0 Å². The zero-order chi connectivity index (χ0) is 11.6. The van der Waals surface area contributed by atoms with Crippen molar-refractivity contribution in [2.45, 2.75) is 52.7 Å². The van der Waals surface area contributed by atoms with Crippen LogP contribution in [0.25, 0.3) is 0 Å². The Kier molecular flexibility index (Phi) is 3.95. The fraction of sp³-hybridized carbons (Fsp3) is 0.727. The lowest BCUT2D eigenvalue weighted by Crippen LogP contribution is -2.27. The average molecular weight is 275 g/mol. The molecule has 1 rings (SSSR count). The van der Waals surface area contributed by atoms with Crippen LogP contribution in [0.15, 0.2) is 4.47 Å². The van der Waals surface area contributed by atoms with Crippen molar-refractivity contribution in [1.82, 2.24) is 9.78 Å². The second kappa shape index (κ2) is 4.66. The molecule has 1 aromatic rings. The van der Waals surface area contributed by atoms with Crippen LogP contribution < -0.4 is 0 Å². The SMILES string of the molecule is CCn1nc(C)c(Br)c1CC(C)(O)CC. The summed E-state index contributed by atoms with van der Waals surface area (Å²) in [7, 11) is 0. The molecule has 0 aromatic carbocycles. The van der Waals surface area contributed by atoms with E-state index in [0.29, 0.717) is 6.42 Å². The largest absolute Gasteiger partial charge is 0.390 e. The first kappa shape index (κ1) is 12.7. The Labute approximate surface area is 99.6 Å². The number of aryl methyl sites for hydroxylation is 2. The highest BCUT2D eigenvalue weighted by atomic mass is 79.9. The number of rotatable bonds is 4.